The summed E-state index contributed by atoms with van der Waals surface area (Å²) in [7, 11) is -1.54. The van der Waals surface area contributed by atoms with E-state index in [-0.39, 0.29) is 12.1 Å². The summed E-state index contributed by atoms with van der Waals surface area (Å²) in [6, 6.07) is 2.70. The highest BCUT2D eigenvalue weighted by molar-refractivity contribution is 6.88. The van der Waals surface area contributed by atoms with Crippen molar-refractivity contribution in [2.24, 2.45) is 5.92 Å². The van der Waals surface area contributed by atoms with Crippen molar-refractivity contribution in [3.8, 4) is 0 Å². The molecule has 2 rings (SSSR count). The number of furan rings is 1. The molecule has 1 heterocycles. The van der Waals surface area contributed by atoms with Gasteiger partial charge in [-0.3, -0.25) is 4.79 Å². The third kappa shape index (κ3) is 5.06. The van der Waals surface area contributed by atoms with E-state index in [2.05, 4.69) is 39.3 Å². The van der Waals surface area contributed by atoms with Crippen LogP contribution in [0.4, 0.5) is 0 Å². The minimum absolute atomic E-state index is 0.250. The SMILES string of the molecule is CO[C@@H]1C[C@](O)(c2ccoc2[Si](C)(C)C)[C@@H](C(=O)OCC[Si](C)(C)C)C=C1C. The van der Waals surface area contributed by atoms with Crippen LogP contribution in [-0.4, -0.2) is 47.0 Å². The lowest BCUT2D eigenvalue weighted by Crippen LogP contribution is -2.51. The van der Waals surface area contributed by atoms with Gasteiger partial charge in [0.15, 0.2) is 0 Å². The van der Waals surface area contributed by atoms with Crippen molar-refractivity contribution < 1.29 is 23.8 Å². The molecule has 5 nitrogen and oxygen atoms in total. The van der Waals surface area contributed by atoms with Gasteiger partial charge in [0.1, 0.15) is 19.6 Å². The van der Waals surface area contributed by atoms with Gasteiger partial charge < -0.3 is 19.0 Å². The fraction of sp³-hybridized carbons (Fsp3) is 0.667. The van der Waals surface area contributed by atoms with Crippen LogP contribution < -0.4 is 5.38 Å². The molecule has 1 aliphatic carbocycles. The maximum absolute atomic E-state index is 13.0. The standard InChI is InChI=1S/C21H36O5Si2/c1-15-13-17(19(22)25-11-12-27(3,4)5)21(23,14-18(15)24-2)16-9-10-26-20(16)28(6,7)8/h9-10,13,17-18,23H,11-12,14H2,1-8H3/t17-,18-,21+/m1/s1. The van der Waals surface area contributed by atoms with Crippen LogP contribution in [0.3, 0.4) is 0 Å². The van der Waals surface area contributed by atoms with Gasteiger partial charge >= 0.3 is 5.97 Å². The minimum Gasteiger partial charge on any atom is -0.474 e. The fourth-order valence-corrected chi connectivity index (χ4v) is 5.91. The van der Waals surface area contributed by atoms with Crippen LogP contribution >= 0.6 is 0 Å². The van der Waals surface area contributed by atoms with Gasteiger partial charge in [-0.1, -0.05) is 45.4 Å². The van der Waals surface area contributed by atoms with Crippen molar-refractivity contribution in [2.75, 3.05) is 13.7 Å². The zero-order valence-corrected chi connectivity index (χ0v) is 20.6. The van der Waals surface area contributed by atoms with Crippen LogP contribution in [0.2, 0.25) is 45.3 Å². The number of ether oxygens (including phenoxy) is 2. The zero-order chi connectivity index (χ0) is 21.3. The normalized spacial score (nSPS) is 26.1. The molecule has 1 aliphatic rings. The first kappa shape index (κ1) is 23.1. The molecule has 0 spiro atoms. The highest BCUT2D eigenvalue weighted by Crippen LogP contribution is 2.42. The van der Waals surface area contributed by atoms with Crippen LogP contribution in [0.5, 0.6) is 0 Å². The van der Waals surface area contributed by atoms with E-state index in [1.54, 1.807) is 19.4 Å². The van der Waals surface area contributed by atoms with E-state index in [1.807, 2.05) is 13.0 Å². The molecule has 0 unspecified atom stereocenters. The van der Waals surface area contributed by atoms with Gasteiger partial charge in [-0.05, 0) is 24.6 Å². The molecule has 0 saturated carbocycles. The molecule has 1 N–H and O–H groups in total. The average Bonchev–Trinajstić information content (AvgIpc) is 3.06. The van der Waals surface area contributed by atoms with Crippen LogP contribution in [-0.2, 0) is 19.9 Å². The predicted octanol–water partition coefficient (Wildman–Crippen LogP) is 3.88. The smallest absolute Gasteiger partial charge is 0.316 e. The molecular weight excluding hydrogens is 388 g/mol. The van der Waals surface area contributed by atoms with Gasteiger partial charge in [-0.2, -0.15) is 0 Å². The first-order valence-corrected chi connectivity index (χ1v) is 17.2. The number of carbonyl (C=O) groups is 1. The van der Waals surface area contributed by atoms with Crippen molar-refractivity contribution in [2.45, 2.75) is 70.4 Å². The molecule has 3 atom stereocenters. The molecule has 0 fully saturated rings. The third-order valence-corrected chi connectivity index (χ3v) is 8.85. The molecule has 0 saturated heterocycles. The quantitative estimate of drug-likeness (QED) is 0.409. The van der Waals surface area contributed by atoms with E-state index in [0.29, 0.717) is 18.6 Å². The molecule has 0 radical (unpaired) electrons. The Kier molecular flexibility index (Phi) is 6.85. The van der Waals surface area contributed by atoms with E-state index >= 15 is 0 Å². The second kappa shape index (κ2) is 8.30. The zero-order valence-electron chi connectivity index (χ0n) is 18.6. The predicted molar refractivity (Wildman–Crippen MR) is 117 cm³/mol. The van der Waals surface area contributed by atoms with E-state index in [1.165, 1.54) is 0 Å². The van der Waals surface area contributed by atoms with Crippen molar-refractivity contribution in [1.82, 2.24) is 0 Å². The lowest BCUT2D eigenvalue weighted by atomic mass is 9.72. The first-order valence-electron chi connectivity index (χ1n) is 9.98. The molecular formula is C21H36O5Si2. The summed E-state index contributed by atoms with van der Waals surface area (Å²) < 4.78 is 17.0. The molecule has 28 heavy (non-hydrogen) atoms. The Balaban J connectivity index is 2.41. The monoisotopic (exact) mass is 424 g/mol. The Hall–Kier alpha value is -1.16. The summed E-state index contributed by atoms with van der Waals surface area (Å²) in [5.41, 5.74) is 0.237. The Labute approximate surface area is 171 Å². The molecule has 1 aromatic heterocycles. The van der Waals surface area contributed by atoms with Gasteiger partial charge in [0, 0.05) is 27.2 Å². The van der Waals surface area contributed by atoms with Crippen LogP contribution in [0.1, 0.15) is 18.9 Å². The van der Waals surface area contributed by atoms with Crippen LogP contribution in [0, 0.1) is 5.92 Å². The second-order valence-electron chi connectivity index (χ2n) is 10.1. The number of carbonyl (C=O) groups excluding carboxylic acids is 1. The number of hydrogen-bond acceptors (Lipinski definition) is 5. The maximum atomic E-state index is 13.0. The van der Waals surface area contributed by atoms with Gasteiger partial charge in [0.05, 0.1) is 24.4 Å². The molecule has 0 aromatic carbocycles. The summed E-state index contributed by atoms with van der Waals surface area (Å²) >= 11 is 0. The largest absolute Gasteiger partial charge is 0.474 e. The number of aliphatic hydroxyl groups is 1. The third-order valence-electron chi connectivity index (χ3n) is 5.40. The molecule has 0 bridgehead atoms. The number of methoxy groups -OCH3 is 1. The number of hydrogen-bond donors (Lipinski definition) is 1. The Morgan fingerprint density at radius 2 is 1.93 bits per heavy atom. The Morgan fingerprint density at radius 1 is 1.29 bits per heavy atom. The summed E-state index contributed by atoms with van der Waals surface area (Å²) in [6.45, 7) is 15.6. The topological polar surface area (TPSA) is 68.9 Å². The molecule has 7 heteroatoms. The van der Waals surface area contributed by atoms with E-state index in [0.717, 1.165) is 17.0 Å². The fourth-order valence-electron chi connectivity index (χ4n) is 3.67. The lowest BCUT2D eigenvalue weighted by molar-refractivity contribution is -0.159. The summed E-state index contributed by atoms with van der Waals surface area (Å²) in [4.78, 5) is 13.0. The van der Waals surface area contributed by atoms with Crippen molar-refractivity contribution in [1.29, 1.82) is 0 Å². The lowest BCUT2D eigenvalue weighted by Gasteiger charge is -2.41. The van der Waals surface area contributed by atoms with Crippen molar-refractivity contribution in [3.63, 3.8) is 0 Å². The second-order valence-corrected chi connectivity index (χ2v) is 20.7. The Morgan fingerprint density at radius 3 is 2.46 bits per heavy atom. The van der Waals surface area contributed by atoms with Gasteiger partial charge in [-0.25, -0.2) is 0 Å². The van der Waals surface area contributed by atoms with Crippen LogP contribution in [0.25, 0.3) is 0 Å². The summed E-state index contributed by atoms with van der Waals surface area (Å²) in [5, 5.41) is 12.6. The highest BCUT2D eigenvalue weighted by atomic mass is 28.3. The van der Waals surface area contributed by atoms with E-state index < -0.39 is 27.7 Å². The van der Waals surface area contributed by atoms with Gasteiger partial charge in [0.25, 0.3) is 0 Å². The van der Waals surface area contributed by atoms with Gasteiger partial charge in [0.2, 0.25) is 0 Å². The van der Waals surface area contributed by atoms with E-state index in [9.17, 15) is 9.90 Å². The molecule has 0 aliphatic heterocycles. The number of esters is 1. The maximum Gasteiger partial charge on any atom is 0.316 e. The number of rotatable bonds is 7. The minimum atomic E-state index is -1.86. The van der Waals surface area contributed by atoms with Crippen molar-refractivity contribution >= 4 is 27.5 Å². The molecule has 158 valence electrons. The van der Waals surface area contributed by atoms with E-state index in [4.69, 9.17) is 13.9 Å². The molecule has 1 aromatic rings. The van der Waals surface area contributed by atoms with Crippen molar-refractivity contribution in [3.05, 3.63) is 29.5 Å². The first-order chi connectivity index (χ1) is 12.8. The summed E-state index contributed by atoms with van der Waals surface area (Å²) in [6.07, 6.45) is 3.48. The summed E-state index contributed by atoms with van der Waals surface area (Å²) in [5.74, 6) is -1.15. The Bertz CT molecular complexity index is 726. The average molecular weight is 425 g/mol. The van der Waals surface area contributed by atoms with Gasteiger partial charge in [-0.15, -0.1) is 0 Å². The molecule has 0 amide bonds. The van der Waals surface area contributed by atoms with Crippen LogP contribution in [0.15, 0.2) is 28.4 Å². The highest BCUT2D eigenvalue weighted by Gasteiger charge is 2.50.